The van der Waals surface area contributed by atoms with Gasteiger partial charge in [-0.3, -0.25) is 5.32 Å². The standard InChI is InChI=1S/C21H20FN5O/c1-21(2,3)18-12-19(25-20(28)24-17-10-5-4-9-16(17)22)27(26-18)15-8-6-7-14(11-15)13-23/h4-12H,1-3H3,(H2,24,25,28). The van der Waals surface area contributed by atoms with Crippen LogP contribution in [0, 0.1) is 17.1 Å². The third-order valence-corrected chi connectivity index (χ3v) is 4.06. The molecule has 0 aliphatic heterocycles. The van der Waals surface area contributed by atoms with E-state index in [2.05, 4.69) is 21.8 Å². The number of carbonyl (C=O) groups is 1. The molecule has 2 amide bonds. The third kappa shape index (κ3) is 4.18. The molecule has 7 heteroatoms. The van der Waals surface area contributed by atoms with E-state index in [0.29, 0.717) is 17.1 Å². The molecule has 0 aliphatic carbocycles. The van der Waals surface area contributed by atoms with E-state index in [9.17, 15) is 9.18 Å². The number of carbonyl (C=O) groups excluding carboxylic acids is 1. The number of anilines is 2. The van der Waals surface area contributed by atoms with Crippen molar-refractivity contribution in [3.8, 4) is 11.8 Å². The van der Waals surface area contributed by atoms with E-state index < -0.39 is 11.8 Å². The minimum atomic E-state index is -0.594. The highest BCUT2D eigenvalue weighted by Crippen LogP contribution is 2.27. The van der Waals surface area contributed by atoms with Gasteiger partial charge < -0.3 is 5.32 Å². The van der Waals surface area contributed by atoms with Gasteiger partial charge in [0.1, 0.15) is 11.6 Å². The van der Waals surface area contributed by atoms with Crippen LogP contribution in [0.5, 0.6) is 0 Å². The van der Waals surface area contributed by atoms with Crippen LogP contribution in [-0.4, -0.2) is 15.8 Å². The number of para-hydroxylation sites is 1. The summed E-state index contributed by atoms with van der Waals surface area (Å²) in [5.41, 5.74) is 1.70. The number of hydrogen-bond acceptors (Lipinski definition) is 3. The minimum Gasteiger partial charge on any atom is -0.305 e. The lowest BCUT2D eigenvalue weighted by molar-refractivity contribution is 0.262. The Labute approximate surface area is 162 Å². The molecule has 3 rings (SSSR count). The average Bonchev–Trinajstić information content (AvgIpc) is 3.08. The summed E-state index contributed by atoms with van der Waals surface area (Å²) in [6.45, 7) is 6.03. The summed E-state index contributed by atoms with van der Waals surface area (Å²) < 4.78 is 15.3. The van der Waals surface area contributed by atoms with E-state index in [4.69, 9.17) is 5.26 Å². The van der Waals surface area contributed by atoms with Crippen LogP contribution in [0.2, 0.25) is 0 Å². The van der Waals surface area contributed by atoms with Gasteiger partial charge in [-0.2, -0.15) is 10.4 Å². The molecule has 3 aromatic rings. The summed E-state index contributed by atoms with van der Waals surface area (Å²) in [6.07, 6.45) is 0. The van der Waals surface area contributed by atoms with Crippen molar-refractivity contribution in [3.05, 3.63) is 71.7 Å². The van der Waals surface area contributed by atoms with Crippen LogP contribution in [0.4, 0.5) is 20.7 Å². The molecule has 0 fully saturated rings. The molecule has 142 valence electrons. The van der Waals surface area contributed by atoms with Crippen molar-refractivity contribution in [3.63, 3.8) is 0 Å². The quantitative estimate of drug-likeness (QED) is 0.686. The first-order valence-corrected chi connectivity index (χ1v) is 8.71. The zero-order chi connectivity index (χ0) is 20.3. The van der Waals surface area contributed by atoms with E-state index in [0.717, 1.165) is 5.69 Å². The SMILES string of the molecule is CC(C)(C)c1cc(NC(=O)Nc2ccccc2F)n(-c2cccc(C#N)c2)n1. The van der Waals surface area contributed by atoms with Gasteiger partial charge in [-0.25, -0.2) is 13.9 Å². The molecule has 6 nitrogen and oxygen atoms in total. The Morgan fingerprint density at radius 3 is 2.54 bits per heavy atom. The zero-order valence-corrected chi connectivity index (χ0v) is 15.8. The molecular weight excluding hydrogens is 357 g/mol. The van der Waals surface area contributed by atoms with Crippen LogP contribution in [0.1, 0.15) is 32.0 Å². The Kier molecular flexibility index (Phi) is 5.14. The molecule has 1 aromatic heterocycles. The van der Waals surface area contributed by atoms with Crippen LogP contribution >= 0.6 is 0 Å². The average molecular weight is 377 g/mol. The molecule has 2 N–H and O–H groups in total. The van der Waals surface area contributed by atoms with E-state index in [1.165, 1.54) is 12.1 Å². The highest BCUT2D eigenvalue weighted by atomic mass is 19.1. The number of nitrogens with zero attached hydrogens (tertiary/aromatic N) is 3. The fraction of sp³-hybridized carbons (Fsp3) is 0.190. The zero-order valence-electron chi connectivity index (χ0n) is 15.8. The van der Waals surface area contributed by atoms with E-state index in [-0.39, 0.29) is 11.1 Å². The predicted octanol–water partition coefficient (Wildman–Crippen LogP) is 4.82. The van der Waals surface area contributed by atoms with Gasteiger partial charge in [-0.1, -0.05) is 39.0 Å². The number of aromatic nitrogens is 2. The number of halogens is 1. The van der Waals surface area contributed by atoms with Crippen molar-refractivity contribution in [1.29, 1.82) is 5.26 Å². The smallest absolute Gasteiger partial charge is 0.305 e. The van der Waals surface area contributed by atoms with Crippen LogP contribution in [-0.2, 0) is 5.41 Å². The molecule has 0 aliphatic rings. The number of benzene rings is 2. The van der Waals surface area contributed by atoms with Gasteiger partial charge >= 0.3 is 6.03 Å². The number of rotatable bonds is 3. The van der Waals surface area contributed by atoms with E-state index in [1.807, 2.05) is 20.8 Å². The second-order valence-electron chi connectivity index (χ2n) is 7.30. The van der Waals surface area contributed by atoms with Crippen molar-refractivity contribution < 1.29 is 9.18 Å². The summed E-state index contributed by atoms with van der Waals surface area (Å²) in [7, 11) is 0. The summed E-state index contributed by atoms with van der Waals surface area (Å²) in [5, 5.41) is 19.0. The van der Waals surface area contributed by atoms with Gasteiger partial charge in [0.25, 0.3) is 0 Å². The summed E-state index contributed by atoms with van der Waals surface area (Å²) in [4.78, 5) is 12.4. The Morgan fingerprint density at radius 2 is 1.86 bits per heavy atom. The molecule has 0 saturated carbocycles. The van der Waals surface area contributed by atoms with Crippen molar-refractivity contribution >= 4 is 17.5 Å². The van der Waals surface area contributed by atoms with Gasteiger partial charge in [-0.15, -0.1) is 0 Å². The molecule has 0 atom stereocenters. The van der Waals surface area contributed by atoms with Gasteiger partial charge in [0.05, 0.1) is 28.7 Å². The van der Waals surface area contributed by atoms with Crippen molar-refractivity contribution in [2.75, 3.05) is 10.6 Å². The Hall–Kier alpha value is -3.66. The first kappa shape index (κ1) is 19.1. The molecule has 0 bridgehead atoms. The minimum absolute atomic E-state index is 0.0774. The number of nitriles is 1. The summed E-state index contributed by atoms with van der Waals surface area (Å²) in [6, 6.07) is 16.1. The highest BCUT2D eigenvalue weighted by molar-refractivity contribution is 5.99. The van der Waals surface area contributed by atoms with Gasteiger partial charge in [0.15, 0.2) is 0 Å². The Balaban J connectivity index is 1.95. The number of nitrogens with one attached hydrogen (secondary N) is 2. The molecule has 0 saturated heterocycles. The fourth-order valence-corrected chi connectivity index (χ4v) is 2.57. The van der Waals surface area contributed by atoms with Crippen molar-refractivity contribution in [2.24, 2.45) is 0 Å². The maximum atomic E-state index is 13.8. The van der Waals surface area contributed by atoms with Crippen molar-refractivity contribution in [1.82, 2.24) is 9.78 Å². The van der Waals surface area contributed by atoms with Gasteiger partial charge in [0, 0.05) is 11.5 Å². The topological polar surface area (TPSA) is 82.7 Å². The highest BCUT2D eigenvalue weighted by Gasteiger charge is 2.22. The number of hydrogen-bond donors (Lipinski definition) is 2. The number of amides is 2. The van der Waals surface area contributed by atoms with Crippen LogP contribution < -0.4 is 10.6 Å². The van der Waals surface area contributed by atoms with Crippen LogP contribution in [0.15, 0.2) is 54.6 Å². The maximum absolute atomic E-state index is 13.8. The largest absolute Gasteiger partial charge is 0.324 e. The predicted molar refractivity (Wildman–Crippen MR) is 106 cm³/mol. The van der Waals surface area contributed by atoms with Crippen molar-refractivity contribution in [2.45, 2.75) is 26.2 Å². The fourth-order valence-electron chi connectivity index (χ4n) is 2.57. The molecule has 0 radical (unpaired) electrons. The molecular formula is C21H20FN5O. The molecule has 0 spiro atoms. The van der Waals surface area contributed by atoms with Gasteiger partial charge in [-0.05, 0) is 30.3 Å². The third-order valence-electron chi connectivity index (χ3n) is 4.06. The lowest BCUT2D eigenvalue weighted by Gasteiger charge is -2.14. The second-order valence-corrected chi connectivity index (χ2v) is 7.30. The summed E-state index contributed by atoms with van der Waals surface area (Å²) >= 11 is 0. The summed E-state index contributed by atoms with van der Waals surface area (Å²) in [5.74, 6) is -0.114. The Morgan fingerprint density at radius 1 is 1.11 bits per heavy atom. The van der Waals surface area contributed by atoms with E-state index >= 15 is 0 Å². The molecule has 1 heterocycles. The van der Waals surface area contributed by atoms with Crippen LogP contribution in [0.3, 0.4) is 0 Å². The second kappa shape index (κ2) is 7.53. The maximum Gasteiger partial charge on any atom is 0.324 e. The first-order chi connectivity index (χ1) is 13.3. The lowest BCUT2D eigenvalue weighted by atomic mass is 9.92. The number of urea groups is 1. The normalized spacial score (nSPS) is 11.0. The van der Waals surface area contributed by atoms with Gasteiger partial charge in [0.2, 0.25) is 0 Å². The first-order valence-electron chi connectivity index (χ1n) is 8.71. The molecule has 28 heavy (non-hydrogen) atoms. The van der Waals surface area contributed by atoms with Crippen LogP contribution in [0.25, 0.3) is 5.69 Å². The molecule has 0 unspecified atom stereocenters. The van der Waals surface area contributed by atoms with E-state index in [1.54, 1.807) is 47.1 Å². The Bertz CT molecular complexity index is 1060. The molecule has 2 aromatic carbocycles. The lowest BCUT2D eigenvalue weighted by Crippen LogP contribution is -2.21. The monoisotopic (exact) mass is 377 g/mol.